The van der Waals surface area contributed by atoms with Gasteiger partial charge < -0.3 is 19.6 Å². The van der Waals surface area contributed by atoms with E-state index < -0.39 is 23.6 Å². The van der Waals surface area contributed by atoms with E-state index in [2.05, 4.69) is 26.1 Å². The molecule has 7 nitrogen and oxygen atoms in total. The van der Waals surface area contributed by atoms with Gasteiger partial charge >= 0.3 is 6.03 Å². The highest BCUT2D eigenvalue weighted by Gasteiger charge is 2.51. The zero-order valence-corrected chi connectivity index (χ0v) is 17.5. The molecule has 2 heterocycles. The quantitative estimate of drug-likeness (QED) is 0.727. The summed E-state index contributed by atoms with van der Waals surface area (Å²) in [5, 5.41) is 13.0. The van der Waals surface area contributed by atoms with Crippen molar-refractivity contribution < 1.29 is 23.8 Å². The number of carbonyl (C=O) groups is 2. The van der Waals surface area contributed by atoms with E-state index >= 15 is 0 Å². The van der Waals surface area contributed by atoms with Crippen LogP contribution in [0, 0.1) is 6.92 Å². The maximum Gasteiger partial charge on any atom is 0.325 e. The number of aliphatic hydroxyl groups excluding tert-OH is 1. The van der Waals surface area contributed by atoms with E-state index in [0.717, 1.165) is 4.90 Å². The van der Waals surface area contributed by atoms with Crippen LogP contribution in [-0.2, 0) is 15.7 Å². The van der Waals surface area contributed by atoms with Gasteiger partial charge in [-0.1, -0.05) is 32.9 Å². The third kappa shape index (κ3) is 4.29. The van der Waals surface area contributed by atoms with E-state index in [1.165, 1.54) is 5.56 Å². The minimum atomic E-state index is -1.28. The number of furan rings is 1. The van der Waals surface area contributed by atoms with Gasteiger partial charge in [-0.15, -0.1) is 0 Å². The number of rotatable bonds is 6. The highest BCUT2D eigenvalue weighted by molar-refractivity contribution is 6.06. The number of hydrogen-bond acceptors (Lipinski definition) is 5. The molecule has 29 heavy (non-hydrogen) atoms. The Hall–Kier alpha value is -2.80. The van der Waals surface area contributed by atoms with Gasteiger partial charge in [0.2, 0.25) is 0 Å². The summed E-state index contributed by atoms with van der Waals surface area (Å²) in [5.41, 5.74) is -0.0627. The molecule has 2 N–H and O–H groups in total. The molecule has 3 rings (SSSR count). The van der Waals surface area contributed by atoms with Gasteiger partial charge in [0.25, 0.3) is 5.91 Å². The standard InChI is InChI=1S/C22H28N2O5/c1-14-6-11-18(29-14)22(5)19(26)24(20(27)23-22)12-16(25)13-28-17-9-7-15(8-10-17)21(2,3)4/h6-11,16,25H,12-13H2,1-5H3,(H,23,27). The molecule has 0 spiro atoms. The molecule has 7 heteroatoms. The van der Waals surface area contributed by atoms with Crippen molar-refractivity contribution in [1.29, 1.82) is 0 Å². The number of hydrogen-bond donors (Lipinski definition) is 2. The number of β-amino-alcohol motifs (C(OH)–C–C–N with tert-alkyl or cyclic N) is 1. The molecule has 1 aromatic carbocycles. The number of aryl methyl sites for hydroxylation is 1. The van der Waals surface area contributed by atoms with Crippen molar-refractivity contribution in [2.45, 2.75) is 51.7 Å². The zero-order valence-electron chi connectivity index (χ0n) is 17.5. The minimum absolute atomic E-state index is 0.0392. The first-order valence-corrected chi connectivity index (χ1v) is 9.63. The third-order valence-corrected chi connectivity index (χ3v) is 5.06. The van der Waals surface area contributed by atoms with Gasteiger partial charge in [0.15, 0.2) is 5.54 Å². The smallest absolute Gasteiger partial charge is 0.325 e. The van der Waals surface area contributed by atoms with E-state index in [9.17, 15) is 14.7 Å². The van der Waals surface area contributed by atoms with E-state index in [1.807, 2.05) is 24.3 Å². The lowest BCUT2D eigenvalue weighted by molar-refractivity contribution is -0.132. The number of imide groups is 1. The zero-order chi connectivity index (χ0) is 21.4. The largest absolute Gasteiger partial charge is 0.491 e. The number of ether oxygens (including phenoxy) is 1. The predicted molar refractivity (Wildman–Crippen MR) is 108 cm³/mol. The first-order chi connectivity index (χ1) is 13.5. The molecule has 1 fully saturated rings. The molecule has 1 aliphatic rings. The number of nitrogens with one attached hydrogen (secondary N) is 1. The fourth-order valence-electron chi connectivity index (χ4n) is 3.24. The Balaban J connectivity index is 1.60. The first kappa shape index (κ1) is 20.9. The highest BCUT2D eigenvalue weighted by Crippen LogP contribution is 2.30. The van der Waals surface area contributed by atoms with Crippen LogP contribution in [0.2, 0.25) is 0 Å². The molecule has 1 aliphatic heterocycles. The van der Waals surface area contributed by atoms with Gasteiger partial charge in [0, 0.05) is 0 Å². The van der Waals surface area contributed by atoms with Crippen molar-refractivity contribution in [2.75, 3.05) is 13.2 Å². The second-order valence-electron chi connectivity index (χ2n) is 8.62. The topological polar surface area (TPSA) is 92.0 Å². The Morgan fingerprint density at radius 3 is 2.38 bits per heavy atom. The summed E-state index contributed by atoms with van der Waals surface area (Å²) in [6.45, 7) is 9.53. The van der Waals surface area contributed by atoms with Gasteiger partial charge in [-0.2, -0.15) is 0 Å². The van der Waals surface area contributed by atoms with Crippen molar-refractivity contribution in [3.05, 3.63) is 53.5 Å². The van der Waals surface area contributed by atoms with E-state index in [4.69, 9.17) is 9.15 Å². The lowest BCUT2D eigenvalue weighted by Crippen LogP contribution is -2.42. The molecular formula is C22H28N2O5. The van der Waals surface area contributed by atoms with Crippen LogP contribution < -0.4 is 10.1 Å². The third-order valence-electron chi connectivity index (χ3n) is 5.06. The van der Waals surface area contributed by atoms with E-state index in [0.29, 0.717) is 17.3 Å². The molecule has 2 unspecified atom stereocenters. The number of amides is 3. The van der Waals surface area contributed by atoms with E-state index in [1.54, 1.807) is 26.0 Å². The van der Waals surface area contributed by atoms with Crippen LogP contribution in [0.5, 0.6) is 5.75 Å². The van der Waals surface area contributed by atoms with Crippen molar-refractivity contribution in [2.24, 2.45) is 0 Å². The summed E-state index contributed by atoms with van der Waals surface area (Å²) in [7, 11) is 0. The van der Waals surface area contributed by atoms with Gasteiger partial charge in [-0.3, -0.25) is 9.69 Å². The summed E-state index contributed by atoms with van der Waals surface area (Å²) >= 11 is 0. The van der Waals surface area contributed by atoms with Crippen molar-refractivity contribution in [3.8, 4) is 5.75 Å². The molecule has 2 aromatic rings. The van der Waals surface area contributed by atoms with Crippen LogP contribution in [0.15, 0.2) is 40.8 Å². The second kappa shape index (κ2) is 7.55. The molecule has 0 bridgehead atoms. The lowest BCUT2D eigenvalue weighted by Gasteiger charge is -2.21. The highest BCUT2D eigenvalue weighted by atomic mass is 16.5. The summed E-state index contributed by atoms with van der Waals surface area (Å²) in [6.07, 6.45) is -1.02. The molecule has 0 saturated carbocycles. The van der Waals surface area contributed by atoms with Crippen LogP contribution >= 0.6 is 0 Å². The maximum atomic E-state index is 12.8. The Morgan fingerprint density at radius 2 is 1.83 bits per heavy atom. The number of urea groups is 1. The van der Waals surface area contributed by atoms with Crippen LogP contribution in [0.4, 0.5) is 4.79 Å². The summed E-state index contributed by atoms with van der Waals surface area (Å²) in [5.74, 6) is 1.16. The fourth-order valence-corrected chi connectivity index (χ4v) is 3.24. The number of benzene rings is 1. The molecule has 2 atom stereocenters. The number of aliphatic hydroxyl groups is 1. The average Bonchev–Trinajstić information content (AvgIpc) is 3.18. The molecule has 3 amide bonds. The molecule has 0 radical (unpaired) electrons. The Bertz CT molecular complexity index is 897. The van der Waals surface area contributed by atoms with Gasteiger partial charge in [-0.25, -0.2) is 4.79 Å². The van der Waals surface area contributed by atoms with Crippen molar-refractivity contribution >= 4 is 11.9 Å². The van der Waals surface area contributed by atoms with Gasteiger partial charge in [-0.05, 0) is 49.1 Å². The summed E-state index contributed by atoms with van der Waals surface area (Å²) in [4.78, 5) is 26.1. The predicted octanol–water partition coefficient (Wildman–Crippen LogP) is 3.09. The molecule has 1 saturated heterocycles. The Labute approximate surface area is 170 Å². The van der Waals surface area contributed by atoms with Crippen LogP contribution in [-0.4, -0.2) is 41.2 Å². The SMILES string of the molecule is Cc1ccc(C2(C)NC(=O)N(CC(O)COc3ccc(C(C)(C)C)cc3)C2=O)o1. The summed E-state index contributed by atoms with van der Waals surface area (Å²) in [6, 6.07) is 10.5. The van der Waals surface area contributed by atoms with Gasteiger partial charge in [0.05, 0.1) is 6.54 Å². The number of carbonyl (C=O) groups excluding carboxylic acids is 2. The van der Waals surface area contributed by atoms with E-state index in [-0.39, 0.29) is 18.6 Å². The maximum absolute atomic E-state index is 12.8. The van der Waals surface area contributed by atoms with Crippen molar-refractivity contribution in [1.82, 2.24) is 10.2 Å². The Kier molecular flexibility index (Phi) is 5.45. The molecule has 1 aromatic heterocycles. The minimum Gasteiger partial charge on any atom is -0.491 e. The van der Waals surface area contributed by atoms with Crippen LogP contribution in [0.25, 0.3) is 0 Å². The fraction of sp³-hybridized carbons (Fsp3) is 0.455. The van der Waals surface area contributed by atoms with Gasteiger partial charge in [0.1, 0.15) is 30.0 Å². The lowest BCUT2D eigenvalue weighted by atomic mass is 9.87. The van der Waals surface area contributed by atoms with Crippen LogP contribution in [0.1, 0.15) is 44.8 Å². The Morgan fingerprint density at radius 1 is 1.17 bits per heavy atom. The van der Waals surface area contributed by atoms with Crippen molar-refractivity contribution in [3.63, 3.8) is 0 Å². The molecule has 0 aliphatic carbocycles. The monoisotopic (exact) mass is 400 g/mol. The normalized spacial score (nSPS) is 20.7. The first-order valence-electron chi connectivity index (χ1n) is 9.63. The average molecular weight is 400 g/mol. The summed E-state index contributed by atoms with van der Waals surface area (Å²) < 4.78 is 11.1. The molecular weight excluding hydrogens is 372 g/mol. The molecule has 156 valence electrons. The second-order valence-corrected chi connectivity index (χ2v) is 8.62. The number of nitrogens with zero attached hydrogens (tertiary/aromatic N) is 1. The van der Waals surface area contributed by atoms with Crippen LogP contribution in [0.3, 0.4) is 0 Å².